The minimum absolute atomic E-state index is 0.309. The zero-order chi connectivity index (χ0) is 10.1. The molecule has 72 valence electrons. The van der Waals surface area contributed by atoms with E-state index in [-0.39, 0.29) is 5.82 Å². The van der Waals surface area contributed by atoms with Gasteiger partial charge >= 0.3 is 0 Å². The molecule has 1 aromatic carbocycles. The molecule has 1 heterocycles. The minimum Gasteiger partial charge on any atom is -0.448 e. The van der Waals surface area contributed by atoms with Crippen molar-refractivity contribution < 1.29 is 8.81 Å². The number of nitrogens with zero attached hydrogens (tertiary/aromatic N) is 1. The van der Waals surface area contributed by atoms with Gasteiger partial charge in [0.05, 0.1) is 0 Å². The van der Waals surface area contributed by atoms with Crippen LogP contribution in [0.5, 0.6) is 0 Å². The van der Waals surface area contributed by atoms with Crippen molar-refractivity contribution >= 4 is 15.9 Å². The van der Waals surface area contributed by atoms with Crippen LogP contribution in [0.3, 0.4) is 0 Å². The van der Waals surface area contributed by atoms with E-state index in [1.165, 1.54) is 12.5 Å². The third-order valence-electron chi connectivity index (χ3n) is 1.93. The lowest BCUT2D eigenvalue weighted by atomic mass is 10.1. The first-order chi connectivity index (χ1) is 6.68. The highest BCUT2D eigenvalue weighted by Gasteiger charge is 2.11. The molecular formula is C10H7BrFNO. The molecule has 1 aromatic heterocycles. The fourth-order valence-corrected chi connectivity index (χ4v) is 1.58. The Hall–Kier alpha value is -1.16. The summed E-state index contributed by atoms with van der Waals surface area (Å²) in [6, 6.07) is 4.85. The summed E-state index contributed by atoms with van der Waals surface area (Å²) in [6.07, 6.45) is 1.31. The van der Waals surface area contributed by atoms with E-state index >= 15 is 0 Å². The van der Waals surface area contributed by atoms with Crippen molar-refractivity contribution in [1.82, 2.24) is 4.98 Å². The Morgan fingerprint density at radius 3 is 2.79 bits per heavy atom. The summed E-state index contributed by atoms with van der Waals surface area (Å²) in [5.74, 6) is 0.308. The van der Waals surface area contributed by atoms with E-state index in [1.54, 1.807) is 19.1 Å². The Morgan fingerprint density at radius 2 is 2.21 bits per heavy atom. The predicted molar refractivity (Wildman–Crippen MR) is 54.3 cm³/mol. The Bertz CT molecular complexity index is 467. The van der Waals surface area contributed by atoms with Gasteiger partial charge in [0, 0.05) is 10.0 Å². The maximum Gasteiger partial charge on any atom is 0.181 e. The number of hydrogen-bond donors (Lipinski definition) is 0. The quantitative estimate of drug-likeness (QED) is 0.779. The largest absolute Gasteiger partial charge is 0.448 e. The molecule has 0 aliphatic carbocycles. The maximum absolute atomic E-state index is 13.5. The lowest BCUT2D eigenvalue weighted by Gasteiger charge is -2.00. The van der Waals surface area contributed by atoms with Crippen LogP contribution >= 0.6 is 15.9 Å². The third-order valence-corrected chi connectivity index (χ3v) is 2.42. The number of aromatic nitrogens is 1. The van der Waals surface area contributed by atoms with Crippen LogP contribution in [-0.2, 0) is 0 Å². The van der Waals surface area contributed by atoms with Crippen molar-refractivity contribution in [2.75, 3.05) is 0 Å². The number of halogens is 2. The predicted octanol–water partition coefficient (Wildman–Crippen LogP) is 3.55. The van der Waals surface area contributed by atoms with Gasteiger partial charge in [-0.2, -0.15) is 0 Å². The number of rotatable bonds is 1. The van der Waals surface area contributed by atoms with Crippen molar-refractivity contribution in [3.8, 4) is 11.3 Å². The number of hydrogen-bond acceptors (Lipinski definition) is 2. The van der Waals surface area contributed by atoms with Gasteiger partial charge in [-0.05, 0) is 25.1 Å². The Kier molecular flexibility index (Phi) is 2.37. The van der Waals surface area contributed by atoms with Crippen molar-refractivity contribution in [2.45, 2.75) is 6.92 Å². The van der Waals surface area contributed by atoms with Gasteiger partial charge in [-0.1, -0.05) is 15.9 Å². The molecule has 0 saturated heterocycles. The van der Waals surface area contributed by atoms with Crippen LogP contribution in [0.4, 0.5) is 4.39 Å². The second-order valence-corrected chi connectivity index (χ2v) is 3.80. The fourth-order valence-electron chi connectivity index (χ4n) is 1.25. The fraction of sp³-hybridized carbons (Fsp3) is 0.100. The SMILES string of the molecule is Cc1ocnc1-c1ccc(Br)cc1F. The molecule has 0 spiro atoms. The van der Waals surface area contributed by atoms with E-state index in [1.807, 2.05) is 0 Å². The van der Waals surface area contributed by atoms with Gasteiger partial charge < -0.3 is 4.42 Å². The van der Waals surface area contributed by atoms with Crippen LogP contribution in [0, 0.1) is 12.7 Å². The Labute approximate surface area is 88.9 Å². The Balaban J connectivity index is 2.58. The molecule has 0 radical (unpaired) electrons. The molecule has 4 heteroatoms. The van der Waals surface area contributed by atoms with Gasteiger partial charge in [-0.15, -0.1) is 0 Å². The van der Waals surface area contributed by atoms with E-state index in [0.717, 1.165) is 0 Å². The van der Waals surface area contributed by atoms with Gasteiger partial charge in [0.25, 0.3) is 0 Å². The van der Waals surface area contributed by atoms with Gasteiger partial charge in [0.15, 0.2) is 6.39 Å². The van der Waals surface area contributed by atoms with Crippen LogP contribution in [0.1, 0.15) is 5.76 Å². The summed E-state index contributed by atoms with van der Waals surface area (Å²) in [5, 5.41) is 0. The maximum atomic E-state index is 13.5. The summed E-state index contributed by atoms with van der Waals surface area (Å²) >= 11 is 3.19. The summed E-state index contributed by atoms with van der Waals surface area (Å²) in [4.78, 5) is 3.95. The smallest absolute Gasteiger partial charge is 0.181 e. The third kappa shape index (κ3) is 1.57. The molecule has 0 fully saturated rings. The van der Waals surface area contributed by atoms with E-state index in [4.69, 9.17) is 4.42 Å². The zero-order valence-corrected chi connectivity index (χ0v) is 9.01. The first-order valence-corrected chi connectivity index (χ1v) is 4.83. The molecule has 2 aromatic rings. The molecule has 0 atom stereocenters. The lowest BCUT2D eigenvalue weighted by molar-refractivity contribution is 0.527. The molecule has 2 rings (SSSR count). The highest BCUT2D eigenvalue weighted by molar-refractivity contribution is 9.10. The molecule has 0 bridgehead atoms. The molecular weight excluding hydrogens is 249 g/mol. The molecule has 0 amide bonds. The summed E-state index contributed by atoms with van der Waals surface area (Å²) < 4.78 is 19.2. The zero-order valence-electron chi connectivity index (χ0n) is 7.42. The van der Waals surface area contributed by atoms with E-state index in [2.05, 4.69) is 20.9 Å². The minimum atomic E-state index is -0.309. The van der Waals surface area contributed by atoms with Crippen molar-refractivity contribution in [2.24, 2.45) is 0 Å². The van der Waals surface area contributed by atoms with Gasteiger partial charge in [0.2, 0.25) is 0 Å². The molecule has 0 unspecified atom stereocenters. The number of oxazole rings is 1. The van der Waals surface area contributed by atoms with Crippen molar-refractivity contribution in [1.29, 1.82) is 0 Å². The van der Waals surface area contributed by atoms with Crippen molar-refractivity contribution in [3.05, 3.63) is 40.6 Å². The molecule has 0 saturated carbocycles. The first-order valence-electron chi connectivity index (χ1n) is 4.04. The standard InChI is InChI=1S/C10H7BrFNO/c1-6-10(13-5-14-6)8-3-2-7(11)4-9(8)12/h2-5H,1H3. The van der Waals surface area contributed by atoms with E-state index < -0.39 is 0 Å². The summed E-state index contributed by atoms with van der Waals surface area (Å²) in [7, 11) is 0. The first kappa shape index (κ1) is 9.40. The van der Waals surface area contributed by atoms with Crippen molar-refractivity contribution in [3.63, 3.8) is 0 Å². The molecule has 14 heavy (non-hydrogen) atoms. The average Bonchev–Trinajstić information content (AvgIpc) is 2.52. The highest BCUT2D eigenvalue weighted by Crippen LogP contribution is 2.26. The summed E-state index contributed by atoms with van der Waals surface area (Å²) in [6.45, 7) is 1.75. The molecule has 2 nitrogen and oxygen atoms in total. The topological polar surface area (TPSA) is 26.0 Å². The second-order valence-electron chi connectivity index (χ2n) is 2.88. The molecule has 0 N–H and O–H groups in total. The molecule has 0 aliphatic heterocycles. The highest BCUT2D eigenvalue weighted by atomic mass is 79.9. The van der Waals surface area contributed by atoms with Crippen LogP contribution in [0.25, 0.3) is 11.3 Å². The van der Waals surface area contributed by atoms with Gasteiger partial charge in [-0.3, -0.25) is 0 Å². The van der Waals surface area contributed by atoms with E-state index in [0.29, 0.717) is 21.5 Å². The average molecular weight is 256 g/mol. The second kappa shape index (κ2) is 3.53. The van der Waals surface area contributed by atoms with Gasteiger partial charge in [0.1, 0.15) is 17.3 Å². The molecule has 0 aliphatic rings. The lowest BCUT2D eigenvalue weighted by Crippen LogP contribution is -1.86. The number of benzene rings is 1. The van der Waals surface area contributed by atoms with Gasteiger partial charge in [-0.25, -0.2) is 9.37 Å². The summed E-state index contributed by atoms with van der Waals surface area (Å²) in [5.41, 5.74) is 1.01. The number of aryl methyl sites for hydroxylation is 1. The Morgan fingerprint density at radius 1 is 1.43 bits per heavy atom. The van der Waals surface area contributed by atoms with Crippen LogP contribution < -0.4 is 0 Å². The van der Waals surface area contributed by atoms with E-state index in [9.17, 15) is 4.39 Å². The van der Waals surface area contributed by atoms with Crippen LogP contribution in [0.15, 0.2) is 33.5 Å². The van der Waals surface area contributed by atoms with Crippen LogP contribution in [0.2, 0.25) is 0 Å². The normalized spacial score (nSPS) is 10.5. The monoisotopic (exact) mass is 255 g/mol. The van der Waals surface area contributed by atoms with Crippen LogP contribution in [-0.4, -0.2) is 4.98 Å².